The first-order chi connectivity index (χ1) is 6.71. The normalized spacial score (nSPS) is 20.9. The van der Waals surface area contributed by atoms with Crippen LogP contribution in [0.2, 0.25) is 0 Å². The molecule has 1 aliphatic carbocycles. The van der Waals surface area contributed by atoms with Crippen molar-refractivity contribution < 1.29 is 5.11 Å². The monoisotopic (exact) mass is 195 g/mol. The Kier molecular flexibility index (Phi) is 7.07. The van der Waals surface area contributed by atoms with Gasteiger partial charge in [-0.3, -0.25) is 0 Å². The van der Waals surface area contributed by atoms with Gasteiger partial charge in [0.05, 0.1) is 0 Å². The third kappa shape index (κ3) is 3.90. The second-order valence-electron chi connectivity index (χ2n) is 3.20. The average Bonchev–Trinajstić information content (AvgIpc) is 2.18. The zero-order chi connectivity index (χ0) is 11.0. The zero-order valence-electron chi connectivity index (χ0n) is 9.00. The Morgan fingerprint density at radius 2 is 2.07 bits per heavy atom. The molecule has 3 N–H and O–H groups in total. The topological polar surface area (TPSA) is 46.2 Å². The first-order valence-corrected chi connectivity index (χ1v) is 5.05. The van der Waals surface area contributed by atoms with Gasteiger partial charge in [0.25, 0.3) is 0 Å². The van der Waals surface area contributed by atoms with E-state index in [1.807, 2.05) is 12.2 Å². The summed E-state index contributed by atoms with van der Waals surface area (Å²) >= 11 is 0. The summed E-state index contributed by atoms with van der Waals surface area (Å²) in [6, 6.07) is 0.189. The second kappa shape index (κ2) is 7.54. The van der Waals surface area contributed by atoms with Crippen molar-refractivity contribution in [1.29, 1.82) is 0 Å². The molecule has 0 aromatic carbocycles. The number of rotatable bonds is 2. The van der Waals surface area contributed by atoms with Gasteiger partial charge in [0, 0.05) is 12.6 Å². The molecule has 1 unspecified atom stereocenters. The Morgan fingerprint density at radius 3 is 2.43 bits per heavy atom. The van der Waals surface area contributed by atoms with Gasteiger partial charge in [0.1, 0.15) is 0 Å². The summed E-state index contributed by atoms with van der Waals surface area (Å²) in [6.07, 6.45) is 7.13. The molecule has 0 saturated heterocycles. The van der Waals surface area contributed by atoms with Gasteiger partial charge in [-0.1, -0.05) is 25.3 Å². The van der Waals surface area contributed by atoms with Gasteiger partial charge in [0.2, 0.25) is 0 Å². The number of aliphatic hydroxyl groups excluding tert-OH is 1. The van der Waals surface area contributed by atoms with Gasteiger partial charge in [-0.2, -0.15) is 0 Å². The highest BCUT2D eigenvalue weighted by atomic mass is 16.2. The van der Waals surface area contributed by atoms with E-state index in [2.05, 4.69) is 13.2 Å². The van der Waals surface area contributed by atoms with Crippen molar-refractivity contribution in [1.82, 2.24) is 0 Å². The lowest BCUT2D eigenvalue weighted by molar-refractivity contribution is 0.318. The quantitative estimate of drug-likeness (QED) is 0.709. The van der Waals surface area contributed by atoms with Crippen molar-refractivity contribution in [2.24, 2.45) is 5.73 Å². The summed E-state index contributed by atoms with van der Waals surface area (Å²) in [4.78, 5) is 0. The number of hydrogen-bond donors (Lipinski definition) is 2. The fourth-order valence-corrected chi connectivity index (χ4v) is 1.55. The van der Waals surface area contributed by atoms with Crippen molar-refractivity contribution >= 4 is 0 Å². The smallest absolute Gasteiger partial charge is 0.0402 e. The molecule has 80 valence electrons. The summed E-state index contributed by atoms with van der Waals surface area (Å²) in [5.74, 6) is 0. The van der Waals surface area contributed by atoms with E-state index in [0.717, 1.165) is 12.8 Å². The van der Waals surface area contributed by atoms with Gasteiger partial charge in [0.15, 0.2) is 0 Å². The molecule has 0 aliphatic heterocycles. The molecule has 1 atom stereocenters. The molecule has 0 saturated carbocycles. The van der Waals surface area contributed by atoms with Crippen LogP contribution in [-0.4, -0.2) is 17.8 Å². The molecule has 14 heavy (non-hydrogen) atoms. The van der Waals surface area contributed by atoms with Crippen LogP contribution in [0.3, 0.4) is 0 Å². The lowest BCUT2D eigenvalue weighted by atomic mass is 9.88. The third-order valence-electron chi connectivity index (χ3n) is 2.20. The van der Waals surface area contributed by atoms with Crippen LogP contribution in [0.15, 0.2) is 36.5 Å². The van der Waals surface area contributed by atoms with Crippen LogP contribution in [-0.2, 0) is 0 Å². The van der Waals surface area contributed by atoms with Crippen molar-refractivity contribution in [3.05, 3.63) is 36.5 Å². The Balaban J connectivity index is 0.000000500. The van der Waals surface area contributed by atoms with Crippen molar-refractivity contribution in [3.8, 4) is 0 Å². The van der Waals surface area contributed by atoms with Crippen LogP contribution < -0.4 is 5.73 Å². The van der Waals surface area contributed by atoms with E-state index in [0.29, 0.717) is 0 Å². The Morgan fingerprint density at radius 1 is 1.50 bits per heavy atom. The molecular weight excluding hydrogens is 174 g/mol. The van der Waals surface area contributed by atoms with Gasteiger partial charge < -0.3 is 10.8 Å². The van der Waals surface area contributed by atoms with Gasteiger partial charge >= 0.3 is 0 Å². The minimum atomic E-state index is 0.189. The van der Waals surface area contributed by atoms with Crippen LogP contribution in [0.5, 0.6) is 0 Å². The predicted octanol–water partition coefficient (Wildman–Crippen LogP) is 2.16. The zero-order valence-corrected chi connectivity index (χ0v) is 9.00. The molecule has 0 spiro atoms. The van der Waals surface area contributed by atoms with Gasteiger partial charge in [-0.25, -0.2) is 0 Å². The highest BCUT2D eigenvalue weighted by molar-refractivity contribution is 5.36. The Hall–Kier alpha value is -0.860. The van der Waals surface area contributed by atoms with Crippen LogP contribution >= 0.6 is 0 Å². The van der Waals surface area contributed by atoms with Gasteiger partial charge in [-0.15, -0.1) is 0 Å². The first-order valence-electron chi connectivity index (χ1n) is 5.05. The Bertz CT molecular complexity index is 218. The highest BCUT2D eigenvalue weighted by Crippen LogP contribution is 2.24. The molecule has 0 aromatic heterocycles. The number of nitrogens with two attached hydrogens (primary N) is 1. The van der Waals surface area contributed by atoms with E-state index in [1.54, 1.807) is 6.92 Å². The molecule has 0 radical (unpaired) electrons. The standard InChI is InChI=1S/C10H15N.C2H6O/c1-3-8-6-5-7-10(11)9(8)4-2;1-2-3/h3-4,10H,1-2,5-7,11H2;3H,2H2,1H3. The molecule has 1 aliphatic rings. The van der Waals surface area contributed by atoms with Crippen molar-refractivity contribution in [3.63, 3.8) is 0 Å². The first kappa shape index (κ1) is 13.1. The van der Waals surface area contributed by atoms with Crippen LogP contribution in [0.1, 0.15) is 26.2 Å². The van der Waals surface area contributed by atoms with E-state index in [1.165, 1.54) is 17.6 Å². The lowest BCUT2D eigenvalue weighted by Crippen LogP contribution is -2.25. The third-order valence-corrected chi connectivity index (χ3v) is 2.20. The number of hydrogen-bond acceptors (Lipinski definition) is 2. The van der Waals surface area contributed by atoms with E-state index in [9.17, 15) is 0 Å². The fraction of sp³-hybridized carbons (Fsp3) is 0.500. The number of aliphatic hydroxyl groups is 1. The molecule has 2 heteroatoms. The molecule has 0 amide bonds. The van der Waals surface area contributed by atoms with E-state index in [4.69, 9.17) is 10.8 Å². The van der Waals surface area contributed by atoms with Crippen LogP contribution in [0, 0.1) is 0 Å². The summed E-state index contributed by atoms with van der Waals surface area (Å²) in [5.41, 5.74) is 8.34. The van der Waals surface area contributed by atoms with E-state index >= 15 is 0 Å². The minimum Gasteiger partial charge on any atom is -0.397 e. The van der Waals surface area contributed by atoms with Crippen LogP contribution in [0.25, 0.3) is 0 Å². The second-order valence-corrected chi connectivity index (χ2v) is 3.20. The minimum absolute atomic E-state index is 0.189. The average molecular weight is 195 g/mol. The molecule has 0 fully saturated rings. The van der Waals surface area contributed by atoms with E-state index in [-0.39, 0.29) is 12.6 Å². The molecule has 1 rings (SSSR count). The summed E-state index contributed by atoms with van der Waals surface area (Å²) in [7, 11) is 0. The largest absolute Gasteiger partial charge is 0.397 e. The van der Waals surface area contributed by atoms with E-state index < -0.39 is 0 Å². The van der Waals surface area contributed by atoms with Crippen LogP contribution in [0.4, 0.5) is 0 Å². The van der Waals surface area contributed by atoms with Crippen molar-refractivity contribution in [2.45, 2.75) is 32.2 Å². The lowest BCUT2D eigenvalue weighted by Gasteiger charge is -2.21. The molecular formula is C12H21NO. The predicted molar refractivity (Wildman–Crippen MR) is 62.0 cm³/mol. The van der Waals surface area contributed by atoms with Gasteiger partial charge in [-0.05, 0) is 37.3 Å². The summed E-state index contributed by atoms with van der Waals surface area (Å²) in [5, 5.41) is 7.57. The summed E-state index contributed by atoms with van der Waals surface area (Å²) < 4.78 is 0. The SMILES string of the molecule is C=CC1=C(C=C)C(N)CCC1.CCO. The van der Waals surface area contributed by atoms with Crippen molar-refractivity contribution in [2.75, 3.05) is 6.61 Å². The summed E-state index contributed by atoms with van der Waals surface area (Å²) in [6.45, 7) is 9.43. The maximum Gasteiger partial charge on any atom is 0.0402 e. The number of allylic oxidation sites excluding steroid dienone is 2. The molecule has 0 bridgehead atoms. The fourth-order valence-electron chi connectivity index (χ4n) is 1.55. The molecule has 0 heterocycles. The molecule has 0 aromatic rings. The maximum atomic E-state index is 7.57. The maximum absolute atomic E-state index is 7.57. The molecule has 2 nitrogen and oxygen atoms in total. The highest BCUT2D eigenvalue weighted by Gasteiger charge is 2.14. The Labute approximate surface area is 86.8 Å².